The molecular weight excluding hydrogens is 242 g/mol. The fourth-order valence-electron chi connectivity index (χ4n) is 1.84. The minimum Gasteiger partial charge on any atom is -0.481 e. The van der Waals surface area contributed by atoms with Crippen LogP contribution in [0.5, 0.6) is 5.75 Å². The van der Waals surface area contributed by atoms with Crippen molar-refractivity contribution in [2.24, 2.45) is 5.73 Å². The number of hydrogen-bond acceptors (Lipinski definition) is 4. The number of aliphatic hydroxyl groups excluding tert-OH is 1. The third kappa shape index (κ3) is 3.36. The molecule has 0 fully saturated rings. The monoisotopic (exact) mass is 261 g/mol. The summed E-state index contributed by atoms with van der Waals surface area (Å²) in [7, 11) is 0. The summed E-state index contributed by atoms with van der Waals surface area (Å²) in [6, 6.07) is 10.8. The van der Waals surface area contributed by atoms with Crippen molar-refractivity contribution in [2.75, 3.05) is 0 Å². The highest BCUT2D eigenvalue weighted by Gasteiger charge is 2.23. The number of furan rings is 1. The summed E-state index contributed by atoms with van der Waals surface area (Å²) in [5.74, 6) is 1.43. The van der Waals surface area contributed by atoms with Crippen LogP contribution >= 0.6 is 0 Å². The molecule has 0 saturated carbocycles. The Balaban J connectivity index is 2.15. The van der Waals surface area contributed by atoms with Crippen molar-refractivity contribution in [3.63, 3.8) is 0 Å². The molecule has 0 spiro atoms. The molecule has 0 saturated heterocycles. The number of hydrogen-bond donors (Lipinski definition) is 2. The Kier molecular flexibility index (Phi) is 4.60. The van der Waals surface area contributed by atoms with Crippen LogP contribution in [0.25, 0.3) is 0 Å². The highest BCUT2D eigenvalue weighted by molar-refractivity contribution is 5.27. The predicted molar refractivity (Wildman–Crippen MR) is 72.7 cm³/mol. The quantitative estimate of drug-likeness (QED) is 0.838. The molecule has 2 atom stereocenters. The average molecular weight is 261 g/mol. The van der Waals surface area contributed by atoms with E-state index in [0.29, 0.717) is 5.75 Å². The van der Waals surface area contributed by atoms with Gasteiger partial charge in [-0.1, -0.05) is 19.1 Å². The summed E-state index contributed by atoms with van der Waals surface area (Å²) < 4.78 is 11.3. The van der Waals surface area contributed by atoms with E-state index in [1.54, 1.807) is 6.26 Å². The number of benzene rings is 1. The molecule has 3 N–H and O–H groups in total. The number of aliphatic hydroxyl groups is 1. The molecule has 0 amide bonds. The van der Waals surface area contributed by atoms with Gasteiger partial charge in [0.15, 0.2) is 6.10 Å². The summed E-state index contributed by atoms with van der Waals surface area (Å²) in [4.78, 5) is 0. The van der Waals surface area contributed by atoms with E-state index in [2.05, 4.69) is 0 Å². The van der Waals surface area contributed by atoms with Crippen molar-refractivity contribution in [1.82, 2.24) is 0 Å². The number of ether oxygens (including phenoxy) is 1. The van der Waals surface area contributed by atoms with Crippen LogP contribution in [0.1, 0.15) is 30.8 Å². The van der Waals surface area contributed by atoms with E-state index < -0.39 is 0 Å². The van der Waals surface area contributed by atoms with Gasteiger partial charge in [0.05, 0.1) is 12.9 Å². The Morgan fingerprint density at radius 3 is 2.53 bits per heavy atom. The van der Waals surface area contributed by atoms with E-state index in [-0.39, 0.29) is 18.8 Å². The zero-order chi connectivity index (χ0) is 13.7. The summed E-state index contributed by atoms with van der Waals surface area (Å²) in [5, 5.41) is 9.01. The molecule has 1 heterocycles. The van der Waals surface area contributed by atoms with Crippen LogP contribution < -0.4 is 10.5 Å². The van der Waals surface area contributed by atoms with Crippen molar-refractivity contribution >= 4 is 0 Å². The van der Waals surface area contributed by atoms with Gasteiger partial charge in [-0.25, -0.2) is 0 Å². The van der Waals surface area contributed by atoms with Gasteiger partial charge in [0.25, 0.3) is 0 Å². The van der Waals surface area contributed by atoms with Gasteiger partial charge in [0, 0.05) is 6.04 Å². The molecule has 0 radical (unpaired) electrons. The molecule has 4 nitrogen and oxygen atoms in total. The first-order valence-corrected chi connectivity index (χ1v) is 6.40. The van der Waals surface area contributed by atoms with Crippen LogP contribution in [0.15, 0.2) is 47.1 Å². The first kappa shape index (κ1) is 13.6. The highest BCUT2D eigenvalue weighted by atomic mass is 16.5. The topological polar surface area (TPSA) is 68.6 Å². The molecule has 0 aliphatic carbocycles. The predicted octanol–water partition coefficient (Wildman–Crippen LogP) is 2.63. The van der Waals surface area contributed by atoms with Crippen molar-refractivity contribution in [3.8, 4) is 5.75 Å². The summed E-state index contributed by atoms with van der Waals surface area (Å²) in [5.41, 5.74) is 6.94. The van der Waals surface area contributed by atoms with Crippen LogP contribution in [0.2, 0.25) is 0 Å². The van der Waals surface area contributed by atoms with Gasteiger partial charge in [-0.2, -0.15) is 0 Å². The molecule has 1 aromatic carbocycles. The zero-order valence-corrected chi connectivity index (χ0v) is 11.0. The third-order valence-corrected chi connectivity index (χ3v) is 3.05. The summed E-state index contributed by atoms with van der Waals surface area (Å²) in [6.07, 6.45) is 2.10. The van der Waals surface area contributed by atoms with Crippen molar-refractivity contribution in [1.29, 1.82) is 0 Å². The molecule has 102 valence electrons. The first-order chi connectivity index (χ1) is 9.24. The Hall–Kier alpha value is -1.78. The second-order valence-electron chi connectivity index (χ2n) is 4.43. The third-order valence-electron chi connectivity index (χ3n) is 3.05. The Morgan fingerprint density at radius 2 is 2.00 bits per heavy atom. The van der Waals surface area contributed by atoms with Crippen LogP contribution in [0.3, 0.4) is 0 Å². The Bertz CT molecular complexity index is 479. The van der Waals surface area contributed by atoms with E-state index in [0.717, 1.165) is 17.7 Å². The molecule has 2 rings (SSSR count). The average Bonchev–Trinajstić information content (AvgIpc) is 2.98. The fraction of sp³-hybridized carbons (Fsp3) is 0.333. The van der Waals surface area contributed by atoms with Crippen molar-refractivity contribution in [3.05, 3.63) is 54.0 Å². The fourth-order valence-corrected chi connectivity index (χ4v) is 1.84. The normalized spacial score (nSPS) is 14.1. The van der Waals surface area contributed by atoms with Crippen LogP contribution in [-0.4, -0.2) is 11.1 Å². The smallest absolute Gasteiger partial charge is 0.171 e. The van der Waals surface area contributed by atoms with Crippen LogP contribution in [-0.2, 0) is 6.61 Å². The van der Waals surface area contributed by atoms with Gasteiger partial charge < -0.3 is 20.0 Å². The minimum absolute atomic E-state index is 0.0242. The van der Waals surface area contributed by atoms with Gasteiger partial charge >= 0.3 is 0 Å². The van der Waals surface area contributed by atoms with E-state index in [1.807, 2.05) is 43.3 Å². The highest BCUT2D eigenvalue weighted by Crippen LogP contribution is 2.26. The maximum atomic E-state index is 9.01. The lowest BCUT2D eigenvalue weighted by Gasteiger charge is -2.22. The van der Waals surface area contributed by atoms with E-state index in [1.165, 1.54) is 0 Å². The van der Waals surface area contributed by atoms with Gasteiger partial charge in [0.2, 0.25) is 0 Å². The summed E-state index contributed by atoms with van der Waals surface area (Å²) in [6.45, 7) is 2.04. The first-order valence-electron chi connectivity index (χ1n) is 6.40. The molecule has 1 aromatic heterocycles. The Morgan fingerprint density at radius 1 is 1.26 bits per heavy atom. The molecule has 19 heavy (non-hydrogen) atoms. The van der Waals surface area contributed by atoms with E-state index in [4.69, 9.17) is 20.0 Å². The van der Waals surface area contributed by atoms with E-state index >= 15 is 0 Å². The van der Waals surface area contributed by atoms with Gasteiger partial charge in [-0.15, -0.1) is 0 Å². The summed E-state index contributed by atoms with van der Waals surface area (Å²) >= 11 is 0. The lowest BCUT2D eigenvalue weighted by atomic mass is 10.1. The zero-order valence-electron chi connectivity index (χ0n) is 11.0. The van der Waals surface area contributed by atoms with Crippen LogP contribution in [0, 0.1) is 0 Å². The largest absolute Gasteiger partial charge is 0.481 e. The van der Waals surface area contributed by atoms with Gasteiger partial charge in [-0.05, 0) is 36.2 Å². The van der Waals surface area contributed by atoms with Crippen molar-refractivity contribution in [2.45, 2.75) is 32.1 Å². The minimum atomic E-state index is -0.306. The maximum Gasteiger partial charge on any atom is 0.171 e. The molecule has 0 bridgehead atoms. The van der Waals surface area contributed by atoms with Crippen LogP contribution in [0.4, 0.5) is 0 Å². The number of rotatable bonds is 6. The molecule has 2 aromatic rings. The molecule has 0 aliphatic heterocycles. The number of nitrogens with two attached hydrogens (primary N) is 1. The molecular formula is C15H19NO3. The second-order valence-corrected chi connectivity index (χ2v) is 4.43. The standard InChI is InChI=1S/C15H19NO3/c1-2-13(16)15(14-4-3-9-18-14)19-12-7-5-11(10-17)6-8-12/h3-9,13,15,17H,2,10,16H2,1H3. The SMILES string of the molecule is CCC(N)C(Oc1ccc(CO)cc1)c1ccco1. The van der Waals surface area contributed by atoms with Gasteiger partial charge in [0.1, 0.15) is 11.5 Å². The molecule has 4 heteroatoms. The second kappa shape index (κ2) is 6.41. The Labute approximate surface area is 112 Å². The molecule has 2 unspecified atom stereocenters. The lowest BCUT2D eigenvalue weighted by Crippen LogP contribution is -2.31. The van der Waals surface area contributed by atoms with Gasteiger partial charge in [-0.3, -0.25) is 0 Å². The molecule has 0 aliphatic rings. The maximum absolute atomic E-state index is 9.01. The van der Waals surface area contributed by atoms with Crippen molar-refractivity contribution < 1.29 is 14.3 Å². The lowest BCUT2D eigenvalue weighted by molar-refractivity contribution is 0.144. The van der Waals surface area contributed by atoms with E-state index in [9.17, 15) is 0 Å².